The number of ether oxygens (including phenoxy) is 4. The maximum absolute atomic E-state index is 12.6. The van der Waals surface area contributed by atoms with Crippen LogP contribution in [0.25, 0.3) is 0 Å². The fourth-order valence-electron chi connectivity index (χ4n) is 3.17. The smallest absolute Gasteiger partial charge is 0.340 e. The number of esters is 1. The summed E-state index contributed by atoms with van der Waals surface area (Å²) in [5.41, 5.74) is 4.96. The Morgan fingerprint density at radius 1 is 1.17 bits per heavy atom. The summed E-state index contributed by atoms with van der Waals surface area (Å²) in [6.45, 7) is 4.01. The molecule has 154 valence electrons. The first-order chi connectivity index (χ1) is 13.9. The lowest BCUT2D eigenvalue weighted by Gasteiger charge is -2.27. The molecule has 1 aromatic heterocycles. The second-order valence-electron chi connectivity index (χ2n) is 6.03. The highest BCUT2D eigenvalue weighted by molar-refractivity contribution is 5.92. The molecule has 0 saturated carbocycles. The van der Waals surface area contributed by atoms with E-state index >= 15 is 0 Å². The van der Waals surface area contributed by atoms with Crippen LogP contribution in [0.1, 0.15) is 30.9 Å². The third-order valence-corrected chi connectivity index (χ3v) is 4.31. The normalized spacial score (nSPS) is 15.3. The molecule has 1 aliphatic rings. The molecule has 0 bridgehead atoms. The Balaban J connectivity index is 2.26. The van der Waals surface area contributed by atoms with Crippen LogP contribution in [0.4, 0.5) is 0 Å². The molecule has 4 N–H and O–H groups in total. The standard InChI is InChI=1S/C19H21N3O7/c1-4-27-10-7-6-9(8-11(10)26-3)12-13(18(24)28-5-2)15(20)29-17-14(12)16(23)21-19(25)22-17/h6-8,12H,4-5,20H2,1-3H3,(H2,21,22,23,25)/t12-/m0/s1. The third kappa shape index (κ3) is 3.68. The highest BCUT2D eigenvalue weighted by atomic mass is 16.5. The van der Waals surface area contributed by atoms with Crippen molar-refractivity contribution in [1.82, 2.24) is 9.97 Å². The predicted molar refractivity (Wildman–Crippen MR) is 102 cm³/mol. The number of carbonyl (C=O) groups is 1. The lowest BCUT2D eigenvalue weighted by molar-refractivity contribution is -0.139. The molecule has 1 aromatic carbocycles. The van der Waals surface area contributed by atoms with E-state index in [2.05, 4.69) is 9.97 Å². The first-order valence-electron chi connectivity index (χ1n) is 8.93. The Morgan fingerprint density at radius 3 is 2.59 bits per heavy atom. The van der Waals surface area contributed by atoms with Gasteiger partial charge in [0.2, 0.25) is 11.8 Å². The van der Waals surface area contributed by atoms with Crippen LogP contribution >= 0.6 is 0 Å². The molecule has 0 aliphatic carbocycles. The van der Waals surface area contributed by atoms with Crippen molar-refractivity contribution in [3.05, 3.63) is 61.6 Å². The van der Waals surface area contributed by atoms with Crippen LogP contribution in [0.2, 0.25) is 0 Å². The molecule has 2 heterocycles. The molecule has 0 saturated heterocycles. The summed E-state index contributed by atoms with van der Waals surface area (Å²) in [6, 6.07) is 4.96. The van der Waals surface area contributed by atoms with Crippen molar-refractivity contribution in [2.45, 2.75) is 19.8 Å². The van der Waals surface area contributed by atoms with Crippen molar-refractivity contribution in [2.24, 2.45) is 5.73 Å². The van der Waals surface area contributed by atoms with E-state index in [0.717, 1.165) is 0 Å². The maximum Gasteiger partial charge on any atom is 0.340 e. The van der Waals surface area contributed by atoms with Gasteiger partial charge in [0, 0.05) is 0 Å². The van der Waals surface area contributed by atoms with Gasteiger partial charge in [-0.1, -0.05) is 6.07 Å². The quantitative estimate of drug-likeness (QED) is 0.598. The van der Waals surface area contributed by atoms with E-state index in [1.807, 2.05) is 6.92 Å². The molecule has 3 rings (SSSR count). The third-order valence-electron chi connectivity index (χ3n) is 4.31. The lowest BCUT2D eigenvalue weighted by atomic mass is 9.84. The molecule has 0 unspecified atom stereocenters. The second-order valence-corrected chi connectivity index (χ2v) is 6.03. The molecule has 0 fully saturated rings. The number of fused-ring (bicyclic) bond motifs is 1. The van der Waals surface area contributed by atoms with Gasteiger partial charge in [-0.15, -0.1) is 0 Å². The van der Waals surface area contributed by atoms with E-state index in [0.29, 0.717) is 23.7 Å². The number of hydrogen-bond acceptors (Lipinski definition) is 8. The Bertz CT molecular complexity index is 1080. The lowest BCUT2D eigenvalue weighted by Crippen LogP contribution is -2.35. The minimum absolute atomic E-state index is 0.0214. The monoisotopic (exact) mass is 403 g/mol. The number of benzene rings is 1. The van der Waals surface area contributed by atoms with Crippen molar-refractivity contribution < 1.29 is 23.7 Å². The molecule has 1 aliphatic heterocycles. The molecule has 0 amide bonds. The zero-order valence-electron chi connectivity index (χ0n) is 16.2. The number of nitrogens with two attached hydrogens (primary N) is 1. The molecule has 0 radical (unpaired) electrons. The van der Waals surface area contributed by atoms with Crippen LogP contribution in [0.15, 0.2) is 39.2 Å². The second kappa shape index (κ2) is 8.13. The van der Waals surface area contributed by atoms with E-state index in [4.69, 9.17) is 24.7 Å². The number of aromatic amines is 2. The van der Waals surface area contributed by atoms with Gasteiger partial charge in [0.1, 0.15) is 5.57 Å². The Labute approximate surface area is 165 Å². The Hall–Kier alpha value is -3.69. The molecule has 0 spiro atoms. The number of carbonyl (C=O) groups excluding carboxylic acids is 1. The molecule has 10 nitrogen and oxygen atoms in total. The van der Waals surface area contributed by atoms with Crippen molar-refractivity contribution >= 4 is 5.97 Å². The van der Waals surface area contributed by atoms with E-state index in [-0.39, 0.29) is 29.5 Å². The molecule has 1 atom stereocenters. The van der Waals surface area contributed by atoms with Crippen LogP contribution in [0.5, 0.6) is 17.4 Å². The van der Waals surface area contributed by atoms with Crippen molar-refractivity contribution in [3.63, 3.8) is 0 Å². The van der Waals surface area contributed by atoms with Crippen LogP contribution in [0.3, 0.4) is 0 Å². The van der Waals surface area contributed by atoms with Gasteiger partial charge in [-0.3, -0.25) is 14.8 Å². The van der Waals surface area contributed by atoms with Gasteiger partial charge in [0.15, 0.2) is 11.5 Å². The van der Waals surface area contributed by atoms with E-state index in [9.17, 15) is 14.4 Å². The number of rotatable bonds is 6. The fourth-order valence-corrected chi connectivity index (χ4v) is 3.17. The van der Waals surface area contributed by atoms with Crippen LogP contribution in [-0.2, 0) is 9.53 Å². The van der Waals surface area contributed by atoms with E-state index in [1.54, 1.807) is 25.1 Å². The summed E-state index contributed by atoms with van der Waals surface area (Å²) >= 11 is 0. The molecule has 2 aromatic rings. The average molecular weight is 403 g/mol. The summed E-state index contributed by atoms with van der Waals surface area (Å²) in [6.07, 6.45) is 0. The van der Waals surface area contributed by atoms with Crippen molar-refractivity contribution in [2.75, 3.05) is 20.3 Å². The topological polar surface area (TPSA) is 146 Å². The van der Waals surface area contributed by atoms with Gasteiger partial charge in [-0.25, -0.2) is 9.59 Å². The molecule has 29 heavy (non-hydrogen) atoms. The Morgan fingerprint density at radius 2 is 1.93 bits per heavy atom. The van der Waals surface area contributed by atoms with Gasteiger partial charge in [0.05, 0.1) is 31.8 Å². The van der Waals surface area contributed by atoms with Crippen LogP contribution < -0.4 is 31.2 Å². The minimum Gasteiger partial charge on any atom is -0.493 e. The summed E-state index contributed by atoms with van der Waals surface area (Å²) < 4.78 is 21.4. The van der Waals surface area contributed by atoms with Gasteiger partial charge in [-0.05, 0) is 31.5 Å². The van der Waals surface area contributed by atoms with Gasteiger partial charge >= 0.3 is 11.7 Å². The van der Waals surface area contributed by atoms with Gasteiger partial charge < -0.3 is 24.7 Å². The molecular weight excluding hydrogens is 382 g/mol. The number of aromatic nitrogens is 2. The minimum atomic E-state index is -0.956. The highest BCUT2D eigenvalue weighted by Gasteiger charge is 2.38. The first kappa shape index (κ1) is 20.1. The van der Waals surface area contributed by atoms with E-state index < -0.39 is 23.1 Å². The van der Waals surface area contributed by atoms with Crippen molar-refractivity contribution in [1.29, 1.82) is 0 Å². The number of hydrogen-bond donors (Lipinski definition) is 3. The van der Waals surface area contributed by atoms with Gasteiger partial charge in [-0.2, -0.15) is 0 Å². The number of nitrogens with one attached hydrogen (secondary N) is 2. The summed E-state index contributed by atoms with van der Waals surface area (Å²) in [4.78, 5) is 41.4. The fraction of sp³-hybridized carbons (Fsp3) is 0.316. The molecule has 10 heteroatoms. The first-order valence-corrected chi connectivity index (χ1v) is 8.93. The largest absolute Gasteiger partial charge is 0.493 e. The molecular formula is C19H21N3O7. The van der Waals surface area contributed by atoms with Crippen molar-refractivity contribution in [3.8, 4) is 17.4 Å². The highest BCUT2D eigenvalue weighted by Crippen LogP contribution is 2.42. The van der Waals surface area contributed by atoms with Crippen LogP contribution in [-0.4, -0.2) is 36.3 Å². The SMILES string of the molecule is CCOC(=O)C1=C(N)Oc2[nH]c(=O)[nH]c(=O)c2[C@H]1c1ccc(OCC)c(OC)c1. The average Bonchev–Trinajstić information content (AvgIpc) is 2.67. The van der Waals surface area contributed by atoms with Crippen LogP contribution in [0, 0.1) is 0 Å². The Kier molecular flexibility index (Phi) is 5.62. The summed E-state index contributed by atoms with van der Waals surface area (Å²) in [7, 11) is 1.47. The predicted octanol–water partition coefficient (Wildman–Crippen LogP) is 0.728. The summed E-state index contributed by atoms with van der Waals surface area (Å²) in [5, 5.41) is 0. The maximum atomic E-state index is 12.6. The van der Waals surface area contributed by atoms with Gasteiger partial charge in [0.25, 0.3) is 5.56 Å². The zero-order valence-corrected chi connectivity index (χ0v) is 16.2. The number of H-pyrrole nitrogens is 2. The zero-order chi connectivity index (χ0) is 21.1. The van der Waals surface area contributed by atoms with E-state index in [1.165, 1.54) is 7.11 Å². The summed E-state index contributed by atoms with van der Waals surface area (Å²) in [5.74, 6) is -1.20. The number of methoxy groups -OCH3 is 1.